The molecule has 0 unspecified atom stereocenters. The second-order valence-corrected chi connectivity index (χ2v) is 3.13. The first-order valence-corrected chi connectivity index (χ1v) is 4.99. The van der Waals surface area contributed by atoms with Crippen LogP contribution in [0.3, 0.4) is 0 Å². The van der Waals surface area contributed by atoms with Gasteiger partial charge in [-0.25, -0.2) is 0 Å². The van der Waals surface area contributed by atoms with Crippen molar-refractivity contribution in [2.75, 3.05) is 18.5 Å². The van der Waals surface area contributed by atoms with Crippen LogP contribution < -0.4 is 5.32 Å². The molecule has 2 heteroatoms. The van der Waals surface area contributed by atoms with E-state index in [4.69, 9.17) is 4.74 Å². The summed E-state index contributed by atoms with van der Waals surface area (Å²) in [7, 11) is 0. The van der Waals surface area contributed by atoms with Gasteiger partial charge in [0.25, 0.3) is 0 Å². The van der Waals surface area contributed by atoms with Crippen molar-refractivity contribution >= 4 is 5.69 Å². The molecule has 0 aliphatic carbocycles. The molecule has 0 saturated carbocycles. The molecule has 0 saturated heterocycles. The summed E-state index contributed by atoms with van der Waals surface area (Å²) >= 11 is 0. The fraction of sp³-hybridized carbons (Fsp3) is 0.231. The zero-order valence-corrected chi connectivity index (χ0v) is 8.91. The highest BCUT2D eigenvalue weighted by atomic mass is 16.5. The standard InChI is InChI=1S/C13H17NO/c1-3-9-14-13-8-6-5-7-12(13)11-15-10-4-2/h3-8,14H,1-2,9-11H2. The van der Waals surface area contributed by atoms with Gasteiger partial charge in [-0.1, -0.05) is 30.4 Å². The molecule has 1 rings (SSSR count). The van der Waals surface area contributed by atoms with E-state index in [1.807, 2.05) is 24.3 Å². The first-order valence-electron chi connectivity index (χ1n) is 4.99. The van der Waals surface area contributed by atoms with Gasteiger partial charge in [-0.05, 0) is 6.07 Å². The van der Waals surface area contributed by atoms with Crippen molar-refractivity contribution in [1.29, 1.82) is 0 Å². The van der Waals surface area contributed by atoms with E-state index in [9.17, 15) is 0 Å². The van der Waals surface area contributed by atoms with Gasteiger partial charge in [0.1, 0.15) is 0 Å². The van der Waals surface area contributed by atoms with Gasteiger partial charge in [0.2, 0.25) is 0 Å². The average Bonchev–Trinajstić information content (AvgIpc) is 2.28. The third kappa shape index (κ3) is 4.00. The maximum absolute atomic E-state index is 5.41. The maximum Gasteiger partial charge on any atom is 0.0741 e. The molecule has 0 aromatic heterocycles. The molecule has 1 N–H and O–H groups in total. The van der Waals surface area contributed by atoms with E-state index in [1.54, 1.807) is 6.08 Å². The summed E-state index contributed by atoms with van der Waals surface area (Å²) in [5, 5.41) is 3.27. The second-order valence-electron chi connectivity index (χ2n) is 3.13. The molecule has 0 heterocycles. The Kier molecular flexibility index (Phi) is 5.26. The highest BCUT2D eigenvalue weighted by Gasteiger charge is 1.99. The second kappa shape index (κ2) is 6.85. The van der Waals surface area contributed by atoms with Gasteiger partial charge in [-0.15, -0.1) is 13.2 Å². The van der Waals surface area contributed by atoms with Crippen molar-refractivity contribution in [2.45, 2.75) is 6.61 Å². The molecule has 0 aliphatic heterocycles. The normalized spacial score (nSPS) is 9.60. The highest BCUT2D eigenvalue weighted by Crippen LogP contribution is 2.15. The first-order chi connectivity index (χ1) is 7.38. The molecule has 0 spiro atoms. The summed E-state index contributed by atoms with van der Waals surface area (Å²) in [6, 6.07) is 8.10. The summed E-state index contributed by atoms with van der Waals surface area (Å²) in [5.74, 6) is 0. The van der Waals surface area contributed by atoms with Crippen molar-refractivity contribution in [3.8, 4) is 0 Å². The van der Waals surface area contributed by atoms with Crippen LogP contribution in [0, 0.1) is 0 Å². The number of ether oxygens (including phenoxy) is 1. The third-order valence-electron chi connectivity index (χ3n) is 1.95. The highest BCUT2D eigenvalue weighted by molar-refractivity contribution is 5.51. The topological polar surface area (TPSA) is 21.3 Å². The Morgan fingerprint density at radius 1 is 1.20 bits per heavy atom. The van der Waals surface area contributed by atoms with Gasteiger partial charge in [0.15, 0.2) is 0 Å². The Labute approximate surface area is 91.3 Å². The average molecular weight is 203 g/mol. The van der Waals surface area contributed by atoms with Crippen LogP contribution in [0.15, 0.2) is 49.6 Å². The van der Waals surface area contributed by atoms with Crippen molar-refractivity contribution in [1.82, 2.24) is 0 Å². The quantitative estimate of drug-likeness (QED) is 0.543. The number of hydrogen-bond acceptors (Lipinski definition) is 2. The zero-order valence-electron chi connectivity index (χ0n) is 8.91. The molecule has 0 aliphatic rings. The molecule has 0 radical (unpaired) electrons. The number of anilines is 1. The van der Waals surface area contributed by atoms with E-state index in [-0.39, 0.29) is 0 Å². The van der Waals surface area contributed by atoms with Crippen LogP contribution in [-0.2, 0) is 11.3 Å². The minimum absolute atomic E-state index is 0.579. The van der Waals surface area contributed by atoms with Gasteiger partial charge < -0.3 is 10.1 Å². The lowest BCUT2D eigenvalue weighted by atomic mass is 10.2. The lowest BCUT2D eigenvalue weighted by Crippen LogP contribution is -2.02. The van der Waals surface area contributed by atoms with Crippen molar-refractivity contribution in [2.24, 2.45) is 0 Å². The predicted molar refractivity (Wildman–Crippen MR) is 65.0 cm³/mol. The fourth-order valence-corrected chi connectivity index (χ4v) is 1.25. The van der Waals surface area contributed by atoms with Crippen molar-refractivity contribution in [3.63, 3.8) is 0 Å². The molecule has 80 valence electrons. The molecule has 1 aromatic carbocycles. The number of benzene rings is 1. The SMILES string of the molecule is C=CCNc1ccccc1COCC=C. The van der Waals surface area contributed by atoms with Crippen LogP contribution in [0.2, 0.25) is 0 Å². The smallest absolute Gasteiger partial charge is 0.0741 e. The van der Waals surface area contributed by atoms with Crippen LogP contribution in [0.25, 0.3) is 0 Å². The van der Waals surface area contributed by atoms with E-state index in [0.717, 1.165) is 17.8 Å². The van der Waals surface area contributed by atoms with Gasteiger partial charge >= 0.3 is 0 Å². The molecule has 1 aromatic rings. The molecule has 0 bridgehead atoms. The molecule has 15 heavy (non-hydrogen) atoms. The van der Waals surface area contributed by atoms with Gasteiger partial charge in [0.05, 0.1) is 13.2 Å². The van der Waals surface area contributed by atoms with Crippen LogP contribution >= 0.6 is 0 Å². The summed E-state index contributed by atoms with van der Waals surface area (Å²) in [6.07, 6.45) is 3.58. The largest absolute Gasteiger partial charge is 0.381 e. The molecule has 2 nitrogen and oxygen atoms in total. The fourth-order valence-electron chi connectivity index (χ4n) is 1.25. The first kappa shape index (κ1) is 11.5. The van der Waals surface area contributed by atoms with Gasteiger partial charge in [-0.3, -0.25) is 0 Å². The summed E-state index contributed by atoms with van der Waals surface area (Å²) in [4.78, 5) is 0. The predicted octanol–water partition coefficient (Wildman–Crippen LogP) is 2.99. The number of nitrogens with one attached hydrogen (secondary N) is 1. The number of hydrogen-bond donors (Lipinski definition) is 1. The van der Waals surface area contributed by atoms with Crippen LogP contribution in [0.4, 0.5) is 5.69 Å². The van der Waals surface area contributed by atoms with Crippen molar-refractivity contribution in [3.05, 3.63) is 55.1 Å². The monoisotopic (exact) mass is 203 g/mol. The Bertz CT molecular complexity index is 320. The van der Waals surface area contributed by atoms with Gasteiger partial charge in [0, 0.05) is 17.8 Å². The Morgan fingerprint density at radius 2 is 2.00 bits per heavy atom. The molecule has 0 atom stereocenters. The van der Waals surface area contributed by atoms with Crippen LogP contribution in [0.1, 0.15) is 5.56 Å². The maximum atomic E-state index is 5.41. The molecular formula is C13H17NO. The Hall–Kier alpha value is -1.54. The van der Waals surface area contributed by atoms with Crippen LogP contribution in [0.5, 0.6) is 0 Å². The molecular weight excluding hydrogens is 186 g/mol. The Balaban J connectivity index is 2.59. The molecule has 0 fully saturated rings. The number of para-hydroxylation sites is 1. The minimum Gasteiger partial charge on any atom is -0.381 e. The lowest BCUT2D eigenvalue weighted by molar-refractivity contribution is 0.149. The van der Waals surface area contributed by atoms with Crippen LogP contribution in [-0.4, -0.2) is 13.2 Å². The van der Waals surface area contributed by atoms with E-state index >= 15 is 0 Å². The zero-order chi connectivity index (χ0) is 10.9. The minimum atomic E-state index is 0.579. The summed E-state index contributed by atoms with van der Waals surface area (Å²) in [6.45, 7) is 9.23. The summed E-state index contributed by atoms with van der Waals surface area (Å²) < 4.78 is 5.41. The number of rotatable bonds is 7. The Morgan fingerprint density at radius 3 is 2.73 bits per heavy atom. The van der Waals surface area contributed by atoms with Gasteiger partial charge in [-0.2, -0.15) is 0 Å². The summed E-state index contributed by atoms with van der Waals surface area (Å²) in [5.41, 5.74) is 2.25. The molecule has 0 amide bonds. The van der Waals surface area contributed by atoms with E-state index in [2.05, 4.69) is 24.5 Å². The van der Waals surface area contributed by atoms with E-state index < -0.39 is 0 Å². The lowest BCUT2D eigenvalue weighted by Gasteiger charge is -2.10. The van der Waals surface area contributed by atoms with E-state index in [1.165, 1.54) is 0 Å². The third-order valence-corrected chi connectivity index (χ3v) is 1.95. The van der Waals surface area contributed by atoms with Crippen molar-refractivity contribution < 1.29 is 4.74 Å². The van der Waals surface area contributed by atoms with E-state index in [0.29, 0.717) is 13.2 Å².